The molecule has 1 fully saturated rings. The van der Waals surface area contributed by atoms with E-state index in [1.807, 2.05) is 45.5 Å². The summed E-state index contributed by atoms with van der Waals surface area (Å²) in [5.74, 6) is 0. The van der Waals surface area contributed by atoms with Gasteiger partial charge in [-0.25, -0.2) is 4.79 Å². The first kappa shape index (κ1) is 14.8. The van der Waals surface area contributed by atoms with Crippen molar-refractivity contribution in [2.24, 2.45) is 7.05 Å². The third-order valence-electron chi connectivity index (χ3n) is 3.25. The Hall–Kier alpha value is -1.56. The maximum atomic E-state index is 12.4. The molecule has 6 nitrogen and oxygen atoms in total. The molecule has 0 spiro atoms. The summed E-state index contributed by atoms with van der Waals surface area (Å²) >= 11 is 0. The Balaban J connectivity index is 2.21. The molecule has 0 aromatic carbocycles. The molecule has 2 heterocycles. The summed E-state index contributed by atoms with van der Waals surface area (Å²) < 4.78 is 7.34. The molecule has 20 heavy (non-hydrogen) atoms. The molecule has 0 bridgehead atoms. The van der Waals surface area contributed by atoms with Crippen LogP contribution in [-0.4, -0.2) is 46.0 Å². The molecule has 0 radical (unpaired) electrons. The van der Waals surface area contributed by atoms with Gasteiger partial charge < -0.3 is 10.1 Å². The third kappa shape index (κ3) is 3.30. The van der Waals surface area contributed by atoms with E-state index in [1.54, 1.807) is 4.90 Å². The Morgan fingerprint density at radius 1 is 1.50 bits per heavy atom. The number of hydrogen-bond acceptors (Lipinski definition) is 4. The molecule has 2 rings (SSSR count). The highest BCUT2D eigenvalue weighted by atomic mass is 16.6. The smallest absolute Gasteiger partial charge is 0.410 e. The molecule has 1 unspecified atom stereocenters. The second-order valence-electron chi connectivity index (χ2n) is 6.23. The fourth-order valence-electron chi connectivity index (χ4n) is 2.45. The number of nitrogens with one attached hydrogen (secondary N) is 1. The normalized spacial score (nSPS) is 20.1. The number of hydrogen-bond donors (Lipinski definition) is 1. The number of carbonyl (C=O) groups is 1. The van der Waals surface area contributed by atoms with E-state index in [0.717, 1.165) is 24.5 Å². The number of aryl methyl sites for hydroxylation is 2. The Labute approximate surface area is 120 Å². The van der Waals surface area contributed by atoms with E-state index in [-0.39, 0.29) is 12.1 Å². The molecule has 1 aliphatic heterocycles. The van der Waals surface area contributed by atoms with Gasteiger partial charge in [0.05, 0.1) is 17.4 Å². The van der Waals surface area contributed by atoms with Crippen LogP contribution in [0.3, 0.4) is 0 Å². The van der Waals surface area contributed by atoms with Gasteiger partial charge in [-0.3, -0.25) is 9.58 Å². The summed E-state index contributed by atoms with van der Waals surface area (Å²) in [4.78, 5) is 14.2. The molecule has 112 valence electrons. The Morgan fingerprint density at radius 2 is 2.20 bits per heavy atom. The second kappa shape index (κ2) is 5.44. The average molecular weight is 280 g/mol. The van der Waals surface area contributed by atoms with Crippen LogP contribution in [0.25, 0.3) is 0 Å². The molecule has 1 aliphatic rings. The number of ether oxygens (including phenoxy) is 1. The predicted molar refractivity (Wildman–Crippen MR) is 76.5 cm³/mol. The first-order chi connectivity index (χ1) is 9.28. The Bertz CT molecular complexity index is 490. The molecule has 1 aromatic rings. The van der Waals surface area contributed by atoms with Crippen LogP contribution >= 0.6 is 0 Å². The largest absolute Gasteiger partial charge is 0.444 e. The van der Waals surface area contributed by atoms with Gasteiger partial charge in [0.2, 0.25) is 0 Å². The van der Waals surface area contributed by atoms with Crippen LogP contribution < -0.4 is 5.32 Å². The summed E-state index contributed by atoms with van der Waals surface area (Å²) in [6.45, 7) is 9.76. The van der Waals surface area contributed by atoms with Gasteiger partial charge in [-0.1, -0.05) is 0 Å². The number of nitrogens with zero attached hydrogens (tertiary/aromatic N) is 3. The molecular weight excluding hydrogens is 256 g/mol. The molecule has 0 saturated carbocycles. The van der Waals surface area contributed by atoms with E-state index in [1.165, 1.54) is 0 Å². The van der Waals surface area contributed by atoms with Gasteiger partial charge in [0.1, 0.15) is 5.60 Å². The zero-order valence-corrected chi connectivity index (χ0v) is 12.9. The quantitative estimate of drug-likeness (QED) is 0.849. The number of piperazine rings is 1. The fourth-order valence-corrected chi connectivity index (χ4v) is 2.45. The minimum atomic E-state index is -0.477. The standard InChI is InChI=1S/C14H24N4O2/c1-10-8-11(17(5)16-10)12-9-15-6-7-18(12)13(19)20-14(2,3)4/h8,12,15H,6-7,9H2,1-5H3. The number of rotatable bonds is 1. The molecule has 0 aliphatic carbocycles. The maximum Gasteiger partial charge on any atom is 0.410 e. The van der Waals surface area contributed by atoms with E-state index in [2.05, 4.69) is 10.4 Å². The second-order valence-corrected chi connectivity index (χ2v) is 6.23. The lowest BCUT2D eigenvalue weighted by Crippen LogP contribution is -2.50. The van der Waals surface area contributed by atoms with Crippen molar-refractivity contribution in [1.82, 2.24) is 20.0 Å². The zero-order chi connectivity index (χ0) is 14.9. The van der Waals surface area contributed by atoms with Crippen LogP contribution in [0.5, 0.6) is 0 Å². The number of aromatic nitrogens is 2. The summed E-state index contributed by atoms with van der Waals surface area (Å²) in [6, 6.07) is 1.99. The lowest BCUT2D eigenvalue weighted by molar-refractivity contribution is 0.0109. The summed E-state index contributed by atoms with van der Waals surface area (Å²) in [7, 11) is 1.91. The van der Waals surface area contributed by atoms with E-state index >= 15 is 0 Å². The van der Waals surface area contributed by atoms with Crippen LogP contribution in [0.4, 0.5) is 4.79 Å². The zero-order valence-electron chi connectivity index (χ0n) is 12.9. The van der Waals surface area contributed by atoms with Crippen LogP contribution in [0, 0.1) is 6.92 Å². The van der Waals surface area contributed by atoms with Crippen molar-refractivity contribution in [1.29, 1.82) is 0 Å². The van der Waals surface area contributed by atoms with Gasteiger partial charge in [0.25, 0.3) is 0 Å². The molecule has 1 aromatic heterocycles. The molecular formula is C14H24N4O2. The molecule has 1 amide bonds. The summed E-state index contributed by atoms with van der Waals surface area (Å²) in [5, 5.41) is 7.69. The molecule has 1 saturated heterocycles. The monoisotopic (exact) mass is 280 g/mol. The van der Waals surface area contributed by atoms with E-state index in [4.69, 9.17) is 4.74 Å². The molecule has 6 heteroatoms. The van der Waals surface area contributed by atoms with Crippen molar-refractivity contribution >= 4 is 6.09 Å². The van der Waals surface area contributed by atoms with Crippen molar-refractivity contribution in [2.45, 2.75) is 39.3 Å². The first-order valence-corrected chi connectivity index (χ1v) is 6.99. The van der Waals surface area contributed by atoms with Gasteiger partial charge in [-0.15, -0.1) is 0 Å². The maximum absolute atomic E-state index is 12.4. The van der Waals surface area contributed by atoms with Gasteiger partial charge in [0, 0.05) is 26.7 Å². The van der Waals surface area contributed by atoms with Crippen LogP contribution in [0.2, 0.25) is 0 Å². The molecule has 1 N–H and O–H groups in total. The van der Waals surface area contributed by atoms with Crippen molar-refractivity contribution in [3.8, 4) is 0 Å². The summed E-state index contributed by atoms with van der Waals surface area (Å²) in [5.41, 5.74) is 1.51. The van der Waals surface area contributed by atoms with Crippen molar-refractivity contribution < 1.29 is 9.53 Å². The summed E-state index contributed by atoms with van der Waals surface area (Å²) in [6.07, 6.45) is -0.261. The van der Waals surface area contributed by atoms with E-state index < -0.39 is 5.60 Å². The van der Waals surface area contributed by atoms with E-state index in [0.29, 0.717) is 6.54 Å². The molecule has 1 atom stereocenters. The minimum absolute atomic E-state index is 0.0372. The van der Waals surface area contributed by atoms with Gasteiger partial charge in [0.15, 0.2) is 0 Å². The van der Waals surface area contributed by atoms with Crippen LogP contribution in [0.15, 0.2) is 6.07 Å². The lowest BCUT2D eigenvalue weighted by atomic mass is 10.1. The van der Waals surface area contributed by atoms with Crippen LogP contribution in [-0.2, 0) is 11.8 Å². The van der Waals surface area contributed by atoms with Crippen LogP contribution in [0.1, 0.15) is 38.2 Å². The Kier molecular flexibility index (Phi) is 4.04. The highest BCUT2D eigenvalue weighted by Crippen LogP contribution is 2.24. The van der Waals surface area contributed by atoms with Crippen molar-refractivity contribution in [3.63, 3.8) is 0 Å². The highest BCUT2D eigenvalue weighted by Gasteiger charge is 2.33. The number of carbonyl (C=O) groups excluding carboxylic acids is 1. The SMILES string of the molecule is Cc1cc(C2CNCCN2C(=O)OC(C)(C)C)n(C)n1. The average Bonchev–Trinajstić information content (AvgIpc) is 2.66. The predicted octanol–water partition coefficient (Wildman–Crippen LogP) is 1.61. The van der Waals surface area contributed by atoms with Crippen molar-refractivity contribution in [2.75, 3.05) is 19.6 Å². The third-order valence-corrected chi connectivity index (χ3v) is 3.25. The van der Waals surface area contributed by atoms with E-state index in [9.17, 15) is 4.79 Å². The Morgan fingerprint density at radius 3 is 2.75 bits per heavy atom. The van der Waals surface area contributed by atoms with Gasteiger partial charge in [-0.05, 0) is 33.8 Å². The minimum Gasteiger partial charge on any atom is -0.444 e. The van der Waals surface area contributed by atoms with Crippen molar-refractivity contribution in [3.05, 3.63) is 17.5 Å². The van der Waals surface area contributed by atoms with Gasteiger partial charge in [-0.2, -0.15) is 5.10 Å². The fraction of sp³-hybridized carbons (Fsp3) is 0.714. The topological polar surface area (TPSA) is 59.4 Å². The lowest BCUT2D eigenvalue weighted by Gasteiger charge is -2.37. The first-order valence-electron chi connectivity index (χ1n) is 6.99. The van der Waals surface area contributed by atoms with Gasteiger partial charge >= 0.3 is 6.09 Å². The number of amides is 1. The highest BCUT2D eigenvalue weighted by molar-refractivity contribution is 5.69.